The van der Waals surface area contributed by atoms with Crippen molar-refractivity contribution in [3.05, 3.63) is 12.4 Å². The van der Waals surface area contributed by atoms with Crippen molar-refractivity contribution in [3.63, 3.8) is 0 Å². The van der Waals surface area contributed by atoms with Crippen LogP contribution >= 0.6 is 0 Å². The quantitative estimate of drug-likeness (QED) is 0.741. The van der Waals surface area contributed by atoms with Gasteiger partial charge in [0.25, 0.3) is 0 Å². The first-order chi connectivity index (χ1) is 8.12. The highest BCUT2D eigenvalue weighted by Crippen LogP contribution is 2.46. The Kier molecular flexibility index (Phi) is 2.87. The number of nitrogens with one attached hydrogen (secondary N) is 2. The van der Waals surface area contributed by atoms with Gasteiger partial charge in [0.15, 0.2) is 0 Å². The smallest absolute Gasteiger partial charge is 0.240 e. The lowest BCUT2D eigenvalue weighted by atomic mass is 10.1. The zero-order chi connectivity index (χ0) is 12.5. The van der Waals surface area contributed by atoms with Gasteiger partial charge < -0.3 is 10.6 Å². The standard InChI is InChI=1S/C11H16N4O2/c1-3-15-7-8(6-13-15)14-10(17)11(4-5-11)9(16)12-2/h6-7H,3-5H2,1-2H3,(H,12,16)(H,14,17). The Balaban J connectivity index is 2.04. The van der Waals surface area contributed by atoms with Crippen LogP contribution in [0.2, 0.25) is 0 Å². The lowest BCUT2D eigenvalue weighted by Gasteiger charge is -2.12. The molecular formula is C11H16N4O2. The molecule has 2 rings (SSSR count). The molecule has 1 aliphatic carbocycles. The molecule has 1 saturated carbocycles. The van der Waals surface area contributed by atoms with Crippen molar-refractivity contribution in [1.29, 1.82) is 0 Å². The van der Waals surface area contributed by atoms with Crippen molar-refractivity contribution in [3.8, 4) is 0 Å². The van der Waals surface area contributed by atoms with Gasteiger partial charge in [0.2, 0.25) is 11.8 Å². The van der Waals surface area contributed by atoms with Gasteiger partial charge >= 0.3 is 0 Å². The number of aromatic nitrogens is 2. The van der Waals surface area contributed by atoms with Gasteiger partial charge in [0, 0.05) is 19.8 Å². The van der Waals surface area contributed by atoms with Crippen LogP contribution in [0.1, 0.15) is 19.8 Å². The number of amides is 2. The molecule has 1 aromatic heterocycles. The second-order valence-corrected chi connectivity index (χ2v) is 4.20. The summed E-state index contributed by atoms with van der Waals surface area (Å²) in [5, 5.41) is 9.32. The molecular weight excluding hydrogens is 220 g/mol. The summed E-state index contributed by atoms with van der Waals surface area (Å²) in [6, 6.07) is 0. The molecule has 0 aliphatic heterocycles. The normalized spacial score (nSPS) is 16.4. The second-order valence-electron chi connectivity index (χ2n) is 4.20. The molecule has 1 aromatic rings. The van der Waals surface area contributed by atoms with Gasteiger partial charge in [-0.1, -0.05) is 0 Å². The summed E-state index contributed by atoms with van der Waals surface area (Å²) in [7, 11) is 1.55. The fourth-order valence-electron chi connectivity index (χ4n) is 1.77. The Labute approximate surface area is 99.4 Å². The van der Waals surface area contributed by atoms with Crippen LogP contribution in [0.25, 0.3) is 0 Å². The van der Waals surface area contributed by atoms with E-state index < -0.39 is 5.41 Å². The number of carbonyl (C=O) groups excluding carboxylic acids is 2. The average molecular weight is 236 g/mol. The van der Waals surface area contributed by atoms with Gasteiger partial charge in [0.05, 0.1) is 11.9 Å². The van der Waals surface area contributed by atoms with E-state index >= 15 is 0 Å². The van der Waals surface area contributed by atoms with Crippen LogP contribution in [0.4, 0.5) is 5.69 Å². The average Bonchev–Trinajstić information content (AvgIpc) is 3.04. The molecule has 2 N–H and O–H groups in total. The minimum absolute atomic E-state index is 0.210. The van der Waals surface area contributed by atoms with Crippen LogP contribution in [0.15, 0.2) is 12.4 Å². The molecule has 0 spiro atoms. The number of carbonyl (C=O) groups is 2. The summed E-state index contributed by atoms with van der Waals surface area (Å²) in [6.07, 6.45) is 4.56. The van der Waals surface area contributed by atoms with E-state index in [0.29, 0.717) is 18.5 Å². The molecule has 1 heterocycles. The first-order valence-corrected chi connectivity index (χ1v) is 5.68. The SMILES string of the molecule is CCn1cc(NC(=O)C2(C(=O)NC)CC2)cn1. The predicted octanol–water partition coefficient (Wildman–Crippen LogP) is 0.368. The molecule has 17 heavy (non-hydrogen) atoms. The summed E-state index contributed by atoms with van der Waals surface area (Å²) in [6.45, 7) is 2.71. The van der Waals surface area contributed by atoms with Crippen LogP contribution < -0.4 is 10.6 Å². The summed E-state index contributed by atoms with van der Waals surface area (Å²) in [4.78, 5) is 23.6. The van der Waals surface area contributed by atoms with Crippen LogP contribution in [0.3, 0.4) is 0 Å². The molecule has 1 aliphatic rings. The Morgan fingerprint density at radius 3 is 2.65 bits per heavy atom. The number of anilines is 1. The van der Waals surface area contributed by atoms with Crippen molar-refractivity contribution >= 4 is 17.5 Å². The monoisotopic (exact) mass is 236 g/mol. The number of rotatable bonds is 4. The molecule has 6 nitrogen and oxygen atoms in total. The fourth-order valence-corrected chi connectivity index (χ4v) is 1.77. The maximum Gasteiger partial charge on any atom is 0.240 e. The molecule has 2 amide bonds. The highest BCUT2D eigenvalue weighted by molar-refractivity contribution is 6.12. The summed E-state index contributed by atoms with van der Waals surface area (Å²) in [5.41, 5.74) is -0.227. The number of aryl methyl sites for hydroxylation is 1. The van der Waals surface area contributed by atoms with E-state index in [-0.39, 0.29) is 11.8 Å². The topological polar surface area (TPSA) is 76.0 Å². The molecule has 92 valence electrons. The largest absolute Gasteiger partial charge is 0.358 e. The molecule has 0 aromatic carbocycles. The van der Waals surface area contributed by atoms with E-state index in [1.807, 2.05) is 6.92 Å². The van der Waals surface area contributed by atoms with Gasteiger partial charge in [0.1, 0.15) is 5.41 Å². The highest BCUT2D eigenvalue weighted by Gasteiger charge is 2.56. The lowest BCUT2D eigenvalue weighted by molar-refractivity contribution is -0.134. The molecule has 0 bridgehead atoms. The van der Waals surface area contributed by atoms with Crippen molar-refractivity contribution in [2.45, 2.75) is 26.3 Å². The second kappa shape index (κ2) is 4.20. The number of nitrogens with zero attached hydrogens (tertiary/aromatic N) is 2. The van der Waals surface area contributed by atoms with Crippen LogP contribution in [-0.4, -0.2) is 28.6 Å². The predicted molar refractivity (Wildman–Crippen MR) is 62.3 cm³/mol. The zero-order valence-corrected chi connectivity index (χ0v) is 9.99. The Morgan fingerprint density at radius 1 is 1.47 bits per heavy atom. The molecule has 1 fully saturated rings. The summed E-state index contributed by atoms with van der Waals surface area (Å²) < 4.78 is 1.72. The number of hydrogen-bond donors (Lipinski definition) is 2. The zero-order valence-electron chi connectivity index (χ0n) is 9.99. The van der Waals surface area contributed by atoms with E-state index in [1.165, 1.54) is 0 Å². The van der Waals surface area contributed by atoms with Gasteiger partial charge in [-0.3, -0.25) is 14.3 Å². The van der Waals surface area contributed by atoms with Gasteiger partial charge in [-0.25, -0.2) is 0 Å². The summed E-state index contributed by atoms with van der Waals surface area (Å²) >= 11 is 0. The maximum absolute atomic E-state index is 12.0. The summed E-state index contributed by atoms with van der Waals surface area (Å²) in [5.74, 6) is -0.453. The minimum Gasteiger partial charge on any atom is -0.358 e. The van der Waals surface area contributed by atoms with Crippen molar-refractivity contribution < 1.29 is 9.59 Å². The van der Waals surface area contributed by atoms with Crippen molar-refractivity contribution in [2.24, 2.45) is 5.41 Å². The molecule has 6 heteroatoms. The van der Waals surface area contributed by atoms with E-state index in [1.54, 1.807) is 24.1 Å². The molecule has 0 atom stereocenters. The molecule has 0 radical (unpaired) electrons. The van der Waals surface area contributed by atoms with E-state index in [2.05, 4.69) is 15.7 Å². The molecule has 0 unspecified atom stereocenters. The Hall–Kier alpha value is -1.85. The van der Waals surface area contributed by atoms with E-state index in [4.69, 9.17) is 0 Å². The Morgan fingerprint density at radius 2 is 2.18 bits per heavy atom. The number of hydrogen-bond acceptors (Lipinski definition) is 3. The molecule has 0 saturated heterocycles. The maximum atomic E-state index is 12.0. The van der Waals surface area contributed by atoms with E-state index in [0.717, 1.165) is 6.54 Å². The van der Waals surface area contributed by atoms with E-state index in [9.17, 15) is 9.59 Å². The minimum atomic E-state index is -0.858. The van der Waals surface area contributed by atoms with Gasteiger partial charge in [-0.2, -0.15) is 5.10 Å². The highest BCUT2D eigenvalue weighted by atomic mass is 16.2. The van der Waals surface area contributed by atoms with Crippen LogP contribution in [0.5, 0.6) is 0 Å². The third-order valence-corrected chi connectivity index (χ3v) is 3.06. The first-order valence-electron chi connectivity index (χ1n) is 5.68. The third kappa shape index (κ3) is 2.02. The third-order valence-electron chi connectivity index (χ3n) is 3.06. The van der Waals surface area contributed by atoms with Crippen molar-refractivity contribution in [1.82, 2.24) is 15.1 Å². The fraction of sp³-hybridized carbons (Fsp3) is 0.545. The first kappa shape index (κ1) is 11.6. The van der Waals surface area contributed by atoms with Crippen molar-refractivity contribution in [2.75, 3.05) is 12.4 Å². The van der Waals surface area contributed by atoms with Crippen LogP contribution in [0, 0.1) is 5.41 Å². The van der Waals surface area contributed by atoms with Gasteiger partial charge in [-0.15, -0.1) is 0 Å². The van der Waals surface area contributed by atoms with Crippen LogP contribution in [-0.2, 0) is 16.1 Å². The lowest BCUT2D eigenvalue weighted by Crippen LogP contribution is -2.38. The Bertz CT molecular complexity index is 448. The van der Waals surface area contributed by atoms with Gasteiger partial charge in [-0.05, 0) is 19.8 Å².